The Labute approximate surface area is 161 Å². The van der Waals surface area contributed by atoms with Crippen molar-refractivity contribution in [1.29, 1.82) is 0 Å². The molecule has 1 aromatic carbocycles. The second-order valence-electron chi connectivity index (χ2n) is 6.51. The number of aryl methyl sites for hydroxylation is 2. The summed E-state index contributed by atoms with van der Waals surface area (Å²) < 4.78 is 15.6. The summed E-state index contributed by atoms with van der Waals surface area (Å²) in [5, 5.41) is 0. The molecule has 1 aliphatic heterocycles. The lowest BCUT2D eigenvalue weighted by molar-refractivity contribution is 0.171. The number of imidazole rings is 1. The van der Waals surface area contributed by atoms with E-state index in [0.29, 0.717) is 49.0 Å². The van der Waals surface area contributed by atoms with Crippen LogP contribution in [0, 0.1) is 0 Å². The molecular weight excluding hydrogens is 360 g/mol. The van der Waals surface area contributed by atoms with Gasteiger partial charge in [0.05, 0.1) is 0 Å². The first kappa shape index (κ1) is 18.1. The highest BCUT2D eigenvalue weighted by atomic mass is 16.6. The molecule has 28 heavy (non-hydrogen) atoms. The maximum absolute atomic E-state index is 12.8. The maximum Gasteiger partial charge on any atom is 0.332 e. The molecule has 0 unspecified atom stereocenters. The van der Waals surface area contributed by atoms with Crippen LogP contribution in [0.2, 0.25) is 0 Å². The van der Waals surface area contributed by atoms with Gasteiger partial charge in [-0.05, 0) is 37.6 Å². The number of hydrogen-bond donors (Lipinski definition) is 0. The Morgan fingerprint density at radius 1 is 1.04 bits per heavy atom. The summed E-state index contributed by atoms with van der Waals surface area (Å²) in [5.74, 6) is 2.04. The Kier molecular flexibility index (Phi) is 4.54. The first-order valence-electron chi connectivity index (χ1n) is 9.33. The summed E-state index contributed by atoms with van der Waals surface area (Å²) in [6, 6.07) is 5.70. The van der Waals surface area contributed by atoms with Crippen LogP contribution < -0.4 is 20.7 Å². The number of hydrogen-bond acceptors (Lipinski definition) is 5. The fourth-order valence-corrected chi connectivity index (χ4v) is 3.43. The SMILES string of the molecule is CCn1c(=O)c2c(nc(C=Cc3ccc4c(c3)OCCO4)n2C)n(CC)c1=O. The Morgan fingerprint density at radius 2 is 1.75 bits per heavy atom. The minimum atomic E-state index is -0.331. The van der Waals surface area contributed by atoms with Crippen LogP contribution in [0.3, 0.4) is 0 Å². The van der Waals surface area contributed by atoms with Gasteiger partial charge in [-0.1, -0.05) is 12.1 Å². The summed E-state index contributed by atoms with van der Waals surface area (Å²) in [6.07, 6.45) is 3.72. The van der Waals surface area contributed by atoms with Crippen molar-refractivity contribution in [1.82, 2.24) is 18.7 Å². The van der Waals surface area contributed by atoms with E-state index >= 15 is 0 Å². The van der Waals surface area contributed by atoms with Crippen LogP contribution in [-0.2, 0) is 20.1 Å². The van der Waals surface area contributed by atoms with Crippen LogP contribution in [0.4, 0.5) is 0 Å². The smallest absolute Gasteiger partial charge is 0.332 e. The van der Waals surface area contributed by atoms with E-state index in [1.54, 1.807) is 18.5 Å². The predicted molar refractivity (Wildman–Crippen MR) is 107 cm³/mol. The van der Waals surface area contributed by atoms with Gasteiger partial charge < -0.3 is 14.0 Å². The van der Waals surface area contributed by atoms with Crippen molar-refractivity contribution in [3.05, 3.63) is 50.4 Å². The number of rotatable bonds is 4. The highest BCUT2D eigenvalue weighted by molar-refractivity contribution is 5.77. The van der Waals surface area contributed by atoms with E-state index in [1.807, 2.05) is 37.3 Å². The second kappa shape index (κ2) is 7.03. The van der Waals surface area contributed by atoms with Crippen molar-refractivity contribution in [3.8, 4) is 11.5 Å². The van der Waals surface area contributed by atoms with Gasteiger partial charge in [0.1, 0.15) is 19.0 Å². The van der Waals surface area contributed by atoms with E-state index in [9.17, 15) is 9.59 Å². The molecule has 0 fully saturated rings. The third-order valence-electron chi connectivity index (χ3n) is 4.90. The van der Waals surface area contributed by atoms with Gasteiger partial charge in [0.2, 0.25) is 0 Å². The van der Waals surface area contributed by atoms with Gasteiger partial charge in [0, 0.05) is 20.1 Å². The first-order chi connectivity index (χ1) is 13.5. The quantitative estimate of drug-likeness (QED) is 0.688. The second-order valence-corrected chi connectivity index (χ2v) is 6.51. The fourth-order valence-electron chi connectivity index (χ4n) is 3.43. The number of ether oxygens (including phenoxy) is 2. The number of aromatic nitrogens is 4. The van der Waals surface area contributed by atoms with Gasteiger partial charge >= 0.3 is 5.69 Å². The molecule has 0 spiro atoms. The van der Waals surface area contributed by atoms with Crippen molar-refractivity contribution in [2.24, 2.45) is 7.05 Å². The van der Waals surface area contributed by atoms with Crippen molar-refractivity contribution < 1.29 is 9.47 Å². The standard InChI is InChI=1S/C20H22N4O4/c1-4-23-18-17(19(25)24(5-2)20(23)26)22(3)16(21-18)9-7-13-6-8-14-15(12-13)28-11-10-27-14/h6-9,12H,4-5,10-11H2,1-3H3. The molecule has 0 N–H and O–H groups in total. The van der Waals surface area contributed by atoms with E-state index in [-0.39, 0.29) is 11.2 Å². The van der Waals surface area contributed by atoms with E-state index in [0.717, 1.165) is 11.3 Å². The number of fused-ring (bicyclic) bond motifs is 2. The van der Waals surface area contributed by atoms with Crippen LogP contribution in [-0.4, -0.2) is 31.9 Å². The minimum absolute atomic E-state index is 0.318. The van der Waals surface area contributed by atoms with E-state index in [2.05, 4.69) is 4.98 Å². The summed E-state index contributed by atoms with van der Waals surface area (Å²) in [5.41, 5.74) is 1.11. The molecule has 1 aliphatic rings. The Morgan fingerprint density at radius 3 is 2.46 bits per heavy atom. The van der Waals surface area contributed by atoms with Crippen molar-refractivity contribution in [3.63, 3.8) is 0 Å². The van der Waals surface area contributed by atoms with Crippen LogP contribution in [0.1, 0.15) is 25.2 Å². The van der Waals surface area contributed by atoms with E-state index in [1.165, 1.54) is 9.13 Å². The zero-order valence-electron chi connectivity index (χ0n) is 16.1. The fraction of sp³-hybridized carbons (Fsp3) is 0.350. The van der Waals surface area contributed by atoms with Gasteiger partial charge in [0.25, 0.3) is 5.56 Å². The van der Waals surface area contributed by atoms with Crippen LogP contribution in [0.15, 0.2) is 27.8 Å². The van der Waals surface area contributed by atoms with Crippen LogP contribution >= 0.6 is 0 Å². The summed E-state index contributed by atoms with van der Waals surface area (Å²) in [7, 11) is 1.78. The topological polar surface area (TPSA) is 80.3 Å². The third kappa shape index (κ3) is 2.81. The average molecular weight is 382 g/mol. The predicted octanol–water partition coefficient (Wildman–Crippen LogP) is 1.88. The minimum Gasteiger partial charge on any atom is -0.486 e. The molecule has 146 valence electrons. The van der Waals surface area contributed by atoms with Crippen LogP contribution in [0.5, 0.6) is 11.5 Å². The molecule has 0 aliphatic carbocycles. The molecule has 2 aromatic heterocycles. The Bertz CT molecular complexity index is 1200. The molecule has 4 rings (SSSR count). The summed E-state index contributed by atoms with van der Waals surface area (Å²) >= 11 is 0. The molecule has 0 radical (unpaired) electrons. The van der Waals surface area contributed by atoms with Gasteiger partial charge in [-0.2, -0.15) is 0 Å². The monoisotopic (exact) mass is 382 g/mol. The molecular formula is C20H22N4O4. The van der Waals surface area contributed by atoms with Gasteiger partial charge in [-0.25, -0.2) is 9.78 Å². The molecule has 3 heterocycles. The van der Waals surface area contributed by atoms with Gasteiger partial charge in [-0.15, -0.1) is 0 Å². The first-order valence-corrected chi connectivity index (χ1v) is 9.33. The van der Waals surface area contributed by atoms with Crippen molar-refractivity contribution >= 4 is 23.3 Å². The van der Waals surface area contributed by atoms with Crippen LogP contribution in [0.25, 0.3) is 23.3 Å². The zero-order valence-corrected chi connectivity index (χ0v) is 16.1. The largest absolute Gasteiger partial charge is 0.486 e. The third-order valence-corrected chi connectivity index (χ3v) is 4.90. The zero-order chi connectivity index (χ0) is 19.8. The van der Waals surface area contributed by atoms with E-state index in [4.69, 9.17) is 9.47 Å². The molecule has 8 heteroatoms. The molecule has 0 bridgehead atoms. The number of benzene rings is 1. The molecule has 0 saturated heterocycles. The molecule has 8 nitrogen and oxygen atoms in total. The highest BCUT2D eigenvalue weighted by Gasteiger charge is 2.18. The molecule has 0 amide bonds. The van der Waals surface area contributed by atoms with Gasteiger partial charge in [0.15, 0.2) is 22.7 Å². The number of nitrogens with zero attached hydrogens (tertiary/aromatic N) is 4. The lowest BCUT2D eigenvalue weighted by Crippen LogP contribution is -2.39. The average Bonchev–Trinajstić information content (AvgIpc) is 3.03. The lowest BCUT2D eigenvalue weighted by atomic mass is 10.2. The van der Waals surface area contributed by atoms with Gasteiger partial charge in [-0.3, -0.25) is 13.9 Å². The summed E-state index contributed by atoms with van der Waals surface area (Å²) in [6.45, 7) is 5.50. The molecule has 0 atom stereocenters. The van der Waals surface area contributed by atoms with Crippen molar-refractivity contribution in [2.75, 3.05) is 13.2 Å². The summed E-state index contributed by atoms with van der Waals surface area (Å²) in [4.78, 5) is 29.8. The Balaban J connectivity index is 1.81. The normalized spacial score (nSPS) is 13.5. The Hall–Kier alpha value is -3.29. The lowest BCUT2D eigenvalue weighted by Gasteiger charge is -2.18. The van der Waals surface area contributed by atoms with Crippen molar-refractivity contribution in [2.45, 2.75) is 26.9 Å². The highest BCUT2D eigenvalue weighted by Crippen LogP contribution is 2.31. The maximum atomic E-state index is 12.8. The molecule has 3 aromatic rings. The molecule has 0 saturated carbocycles. The van der Waals surface area contributed by atoms with E-state index < -0.39 is 0 Å².